The van der Waals surface area contributed by atoms with E-state index in [0.29, 0.717) is 5.56 Å². The lowest BCUT2D eigenvalue weighted by molar-refractivity contribution is 0.0948. The fraction of sp³-hybridized carbons (Fsp3) is 0.438. The number of carbonyl (C=O) groups is 1. The summed E-state index contributed by atoms with van der Waals surface area (Å²) in [6, 6.07) is 1.79. The van der Waals surface area contributed by atoms with Gasteiger partial charge in [-0.15, -0.1) is 0 Å². The van der Waals surface area contributed by atoms with Gasteiger partial charge in [0.25, 0.3) is 11.5 Å². The van der Waals surface area contributed by atoms with Crippen LogP contribution in [-0.4, -0.2) is 16.0 Å². The van der Waals surface area contributed by atoms with E-state index in [1.807, 2.05) is 0 Å². The van der Waals surface area contributed by atoms with Crippen LogP contribution in [-0.2, 0) is 19.4 Å². The second-order valence-corrected chi connectivity index (χ2v) is 5.76. The van der Waals surface area contributed by atoms with E-state index in [0.717, 1.165) is 48.4 Å². The molecule has 0 aliphatic heterocycles. The van der Waals surface area contributed by atoms with Crippen LogP contribution in [0.2, 0.25) is 0 Å². The molecule has 0 bridgehead atoms. The van der Waals surface area contributed by atoms with Crippen molar-refractivity contribution in [3.63, 3.8) is 0 Å². The standard InChI is InChI=1S/C16H19N3O3/c1-9-7-10(2)18-16(21)14(9)15(20)17-8-12-11-5-3-4-6-13(11)22-19-12/h7H,3-6,8H2,1-2H3,(H,17,20)(H,18,21). The molecule has 0 aromatic carbocycles. The Balaban J connectivity index is 1.76. The third-order valence-electron chi connectivity index (χ3n) is 4.04. The van der Waals surface area contributed by atoms with Crippen LogP contribution in [0.4, 0.5) is 0 Å². The van der Waals surface area contributed by atoms with Gasteiger partial charge in [0.05, 0.1) is 6.54 Å². The van der Waals surface area contributed by atoms with Crippen LogP contribution in [0, 0.1) is 13.8 Å². The number of pyridine rings is 1. The number of rotatable bonds is 3. The number of hydrogen-bond donors (Lipinski definition) is 2. The first-order chi connectivity index (χ1) is 10.6. The van der Waals surface area contributed by atoms with Gasteiger partial charge in [-0.1, -0.05) is 5.16 Å². The predicted octanol–water partition coefficient (Wildman–Crippen LogP) is 1.79. The summed E-state index contributed by atoms with van der Waals surface area (Å²) in [5.41, 5.74) is 3.08. The maximum Gasteiger partial charge on any atom is 0.261 e. The molecule has 0 saturated carbocycles. The predicted molar refractivity (Wildman–Crippen MR) is 80.9 cm³/mol. The zero-order valence-electron chi connectivity index (χ0n) is 12.8. The Kier molecular flexibility index (Phi) is 3.83. The van der Waals surface area contributed by atoms with Crippen molar-refractivity contribution in [2.75, 3.05) is 0 Å². The largest absolute Gasteiger partial charge is 0.361 e. The number of nitrogens with zero attached hydrogens (tertiary/aromatic N) is 1. The van der Waals surface area contributed by atoms with Crippen molar-refractivity contribution in [2.24, 2.45) is 0 Å². The Morgan fingerprint density at radius 1 is 1.36 bits per heavy atom. The molecular formula is C16H19N3O3. The summed E-state index contributed by atoms with van der Waals surface area (Å²) in [4.78, 5) is 26.9. The van der Waals surface area contributed by atoms with Gasteiger partial charge in [0.15, 0.2) is 0 Å². The summed E-state index contributed by atoms with van der Waals surface area (Å²) in [6.07, 6.45) is 4.08. The zero-order chi connectivity index (χ0) is 15.7. The highest BCUT2D eigenvalue weighted by molar-refractivity contribution is 5.95. The fourth-order valence-corrected chi connectivity index (χ4v) is 2.98. The number of H-pyrrole nitrogens is 1. The van der Waals surface area contributed by atoms with Crippen molar-refractivity contribution < 1.29 is 9.32 Å². The molecule has 2 heterocycles. The van der Waals surface area contributed by atoms with Crippen molar-refractivity contribution in [3.05, 3.63) is 50.3 Å². The normalized spacial score (nSPS) is 13.7. The summed E-state index contributed by atoms with van der Waals surface area (Å²) >= 11 is 0. The molecule has 0 saturated heterocycles. The number of nitrogens with one attached hydrogen (secondary N) is 2. The summed E-state index contributed by atoms with van der Waals surface area (Å²) in [5, 5.41) is 6.82. The highest BCUT2D eigenvalue weighted by Gasteiger charge is 2.20. The molecule has 3 rings (SSSR count). The molecule has 2 aromatic rings. The molecule has 0 atom stereocenters. The molecule has 1 aliphatic rings. The van der Waals surface area contributed by atoms with Gasteiger partial charge in [0.1, 0.15) is 17.0 Å². The van der Waals surface area contributed by atoms with Gasteiger partial charge >= 0.3 is 0 Å². The molecule has 22 heavy (non-hydrogen) atoms. The van der Waals surface area contributed by atoms with Gasteiger partial charge in [-0.2, -0.15) is 0 Å². The van der Waals surface area contributed by atoms with Crippen molar-refractivity contribution in [1.29, 1.82) is 0 Å². The molecule has 6 nitrogen and oxygen atoms in total. The number of aromatic amines is 1. The third-order valence-corrected chi connectivity index (χ3v) is 4.04. The molecule has 0 spiro atoms. The van der Waals surface area contributed by atoms with Crippen molar-refractivity contribution >= 4 is 5.91 Å². The Hall–Kier alpha value is -2.37. The third kappa shape index (κ3) is 2.68. The molecule has 2 N–H and O–H groups in total. The minimum atomic E-state index is -0.383. The van der Waals surface area contributed by atoms with Crippen LogP contribution in [0.3, 0.4) is 0 Å². The smallest absolute Gasteiger partial charge is 0.261 e. The van der Waals surface area contributed by atoms with Crippen molar-refractivity contribution in [3.8, 4) is 0 Å². The average molecular weight is 301 g/mol. The van der Waals surface area contributed by atoms with E-state index in [2.05, 4.69) is 15.5 Å². The number of fused-ring (bicyclic) bond motifs is 1. The summed E-state index contributed by atoms with van der Waals surface area (Å²) in [6.45, 7) is 3.83. The second-order valence-electron chi connectivity index (χ2n) is 5.76. The van der Waals surface area contributed by atoms with E-state index in [1.165, 1.54) is 0 Å². The molecule has 2 aromatic heterocycles. The minimum Gasteiger partial charge on any atom is -0.361 e. The van der Waals surface area contributed by atoms with Crippen LogP contribution >= 0.6 is 0 Å². The van der Waals surface area contributed by atoms with Crippen LogP contribution in [0.25, 0.3) is 0 Å². The molecule has 116 valence electrons. The van der Waals surface area contributed by atoms with Gasteiger partial charge in [0.2, 0.25) is 0 Å². The van der Waals surface area contributed by atoms with Crippen molar-refractivity contribution in [2.45, 2.75) is 46.1 Å². The molecular weight excluding hydrogens is 282 g/mol. The van der Waals surface area contributed by atoms with Gasteiger partial charge < -0.3 is 14.8 Å². The first-order valence-electron chi connectivity index (χ1n) is 7.51. The lowest BCUT2D eigenvalue weighted by atomic mass is 9.96. The number of aromatic nitrogens is 2. The summed E-state index contributed by atoms with van der Waals surface area (Å²) in [5.74, 6) is 0.547. The Morgan fingerprint density at radius 3 is 2.91 bits per heavy atom. The Bertz CT molecular complexity index is 773. The van der Waals surface area contributed by atoms with E-state index >= 15 is 0 Å². The molecule has 0 unspecified atom stereocenters. The highest BCUT2D eigenvalue weighted by atomic mass is 16.5. The molecule has 1 amide bonds. The van der Waals surface area contributed by atoms with Crippen molar-refractivity contribution in [1.82, 2.24) is 15.5 Å². The van der Waals surface area contributed by atoms with Gasteiger partial charge in [-0.25, -0.2) is 0 Å². The Labute approximate surface area is 127 Å². The van der Waals surface area contributed by atoms with E-state index in [4.69, 9.17) is 4.52 Å². The van der Waals surface area contributed by atoms with Crippen LogP contribution in [0.5, 0.6) is 0 Å². The molecule has 6 heteroatoms. The topological polar surface area (TPSA) is 88.0 Å². The maximum absolute atomic E-state index is 12.3. The van der Waals surface area contributed by atoms with E-state index in [1.54, 1.807) is 19.9 Å². The van der Waals surface area contributed by atoms with E-state index in [9.17, 15) is 9.59 Å². The van der Waals surface area contributed by atoms with Crippen LogP contribution in [0.15, 0.2) is 15.4 Å². The number of amides is 1. The average Bonchev–Trinajstić information content (AvgIpc) is 2.87. The number of aryl methyl sites for hydroxylation is 3. The quantitative estimate of drug-likeness (QED) is 0.904. The number of carbonyl (C=O) groups excluding carboxylic acids is 1. The van der Waals surface area contributed by atoms with Gasteiger partial charge in [-0.05, 0) is 44.7 Å². The lowest BCUT2D eigenvalue weighted by Gasteiger charge is -2.10. The zero-order valence-corrected chi connectivity index (χ0v) is 12.8. The molecule has 1 aliphatic carbocycles. The first-order valence-corrected chi connectivity index (χ1v) is 7.51. The highest BCUT2D eigenvalue weighted by Crippen LogP contribution is 2.24. The monoisotopic (exact) mass is 301 g/mol. The molecule has 0 fully saturated rings. The maximum atomic E-state index is 12.3. The second kappa shape index (κ2) is 5.79. The number of hydrogen-bond acceptors (Lipinski definition) is 4. The van der Waals surface area contributed by atoms with Crippen LogP contribution in [0.1, 0.15) is 51.5 Å². The summed E-state index contributed by atoms with van der Waals surface area (Å²) in [7, 11) is 0. The van der Waals surface area contributed by atoms with Gasteiger partial charge in [-0.3, -0.25) is 9.59 Å². The first kappa shape index (κ1) is 14.6. The van der Waals surface area contributed by atoms with E-state index < -0.39 is 0 Å². The minimum absolute atomic E-state index is 0.156. The Morgan fingerprint density at radius 2 is 2.14 bits per heavy atom. The molecule has 0 radical (unpaired) electrons. The van der Waals surface area contributed by atoms with Crippen LogP contribution < -0.4 is 10.9 Å². The summed E-state index contributed by atoms with van der Waals surface area (Å²) < 4.78 is 5.32. The SMILES string of the molecule is Cc1cc(C)c(C(=O)NCc2noc3c2CCCC3)c(=O)[nH]1. The fourth-order valence-electron chi connectivity index (χ4n) is 2.98. The van der Waals surface area contributed by atoms with E-state index in [-0.39, 0.29) is 23.6 Å². The van der Waals surface area contributed by atoms with Gasteiger partial charge in [0, 0.05) is 17.7 Å². The lowest BCUT2D eigenvalue weighted by Crippen LogP contribution is -2.31.